The van der Waals surface area contributed by atoms with Gasteiger partial charge in [-0.25, -0.2) is 18.6 Å². The van der Waals surface area contributed by atoms with E-state index >= 15 is 8.78 Å². The van der Waals surface area contributed by atoms with E-state index in [0.717, 1.165) is 22.3 Å². The van der Waals surface area contributed by atoms with Crippen molar-refractivity contribution in [1.29, 1.82) is 0 Å². The number of amides is 2. The number of thiophene rings is 1. The van der Waals surface area contributed by atoms with E-state index < -0.39 is 17.7 Å². The molecule has 5 nitrogen and oxygen atoms in total. The molecule has 5 rings (SSSR count). The van der Waals surface area contributed by atoms with Gasteiger partial charge >= 0.3 is 6.03 Å². The van der Waals surface area contributed by atoms with Crippen molar-refractivity contribution >= 4 is 34.1 Å². The lowest BCUT2D eigenvalue weighted by molar-refractivity contribution is 0.251. The predicted octanol–water partition coefficient (Wildman–Crippen LogP) is 5.40. The van der Waals surface area contributed by atoms with Gasteiger partial charge in [0.1, 0.15) is 0 Å². The Morgan fingerprint density at radius 2 is 2.07 bits per heavy atom. The van der Waals surface area contributed by atoms with E-state index in [9.17, 15) is 4.79 Å². The monoisotopic (exact) mass is 424 g/mol. The van der Waals surface area contributed by atoms with Gasteiger partial charge in [-0.2, -0.15) is 0 Å². The fraction of sp³-hybridized carbons (Fsp3) is 0.182. The number of rotatable bonds is 4. The molecule has 1 fully saturated rings. The summed E-state index contributed by atoms with van der Waals surface area (Å²) in [4.78, 5) is 22.3. The second-order valence-corrected chi connectivity index (χ2v) is 8.16. The van der Waals surface area contributed by atoms with Crippen LogP contribution in [-0.4, -0.2) is 22.5 Å². The lowest BCUT2D eigenvalue weighted by atomic mass is 9.99. The molecule has 0 radical (unpaired) electrons. The van der Waals surface area contributed by atoms with Gasteiger partial charge in [0, 0.05) is 28.2 Å². The van der Waals surface area contributed by atoms with Crippen LogP contribution in [0.5, 0.6) is 0 Å². The molecule has 0 saturated carbocycles. The Kier molecular flexibility index (Phi) is 4.51. The molecule has 0 spiro atoms. The van der Waals surface area contributed by atoms with Crippen LogP contribution in [0.15, 0.2) is 48.1 Å². The van der Waals surface area contributed by atoms with Crippen molar-refractivity contribution in [2.75, 3.05) is 11.4 Å². The van der Waals surface area contributed by atoms with E-state index in [2.05, 4.69) is 15.3 Å². The van der Waals surface area contributed by atoms with Crippen molar-refractivity contribution < 1.29 is 13.6 Å². The van der Waals surface area contributed by atoms with Crippen molar-refractivity contribution in [3.8, 4) is 11.1 Å². The standard InChI is InChI=1S/C22H18F2N4OS/c1-2-14-7-12(10-30-14)15-4-5-16(21(24)20(15)23)19-9-25-22(29)28(19)13-3-6-17-18(8-13)27-11-26-17/h3-8,10-11,19H,2,9H2,1H3,(H,25,29)(H,26,27). The van der Waals surface area contributed by atoms with Crippen molar-refractivity contribution in [3.05, 3.63) is 70.2 Å². The molecular formula is C22H18F2N4OS. The molecule has 2 amide bonds. The molecule has 1 aliphatic heterocycles. The molecule has 1 unspecified atom stereocenters. The third kappa shape index (κ3) is 2.95. The first kappa shape index (κ1) is 18.7. The van der Waals surface area contributed by atoms with Crippen LogP contribution in [0.1, 0.15) is 23.4 Å². The smallest absolute Gasteiger partial charge is 0.322 e. The van der Waals surface area contributed by atoms with Crippen LogP contribution in [0, 0.1) is 11.6 Å². The number of carbonyl (C=O) groups excluding carboxylic acids is 1. The summed E-state index contributed by atoms with van der Waals surface area (Å²) >= 11 is 1.53. The zero-order chi connectivity index (χ0) is 20.8. The number of aryl methyl sites for hydroxylation is 1. The quantitative estimate of drug-likeness (QED) is 0.461. The molecule has 152 valence electrons. The van der Waals surface area contributed by atoms with Gasteiger partial charge in [-0.3, -0.25) is 4.90 Å². The Labute approximate surface area is 175 Å². The minimum Gasteiger partial charge on any atom is -0.345 e. The molecule has 8 heteroatoms. The van der Waals surface area contributed by atoms with Gasteiger partial charge in [0.25, 0.3) is 0 Å². The van der Waals surface area contributed by atoms with Crippen molar-refractivity contribution in [2.45, 2.75) is 19.4 Å². The third-order valence-electron chi connectivity index (χ3n) is 5.44. The highest BCUT2D eigenvalue weighted by Crippen LogP contribution is 2.36. The fourth-order valence-electron chi connectivity index (χ4n) is 3.87. The van der Waals surface area contributed by atoms with E-state index in [1.165, 1.54) is 16.2 Å². The van der Waals surface area contributed by atoms with E-state index in [0.29, 0.717) is 11.3 Å². The topological polar surface area (TPSA) is 61.0 Å². The summed E-state index contributed by atoms with van der Waals surface area (Å²) < 4.78 is 30.2. The number of imidazole rings is 1. The molecule has 2 N–H and O–H groups in total. The van der Waals surface area contributed by atoms with Gasteiger partial charge < -0.3 is 10.3 Å². The third-order valence-corrected chi connectivity index (χ3v) is 6.52. The second-order valence-electron chi connectivity index (χ2n) is 7.16. The molecular weight excluding hydrogens is 406 g/mol. The number of H-pyrrole nitrogens is 1. The number of nitrogens with one attached hydrogen (secondary N) is 2. The maximum atomic E-state index is 15.2. The number of fused-ring (bicyclic) bond motifs is 1. The van der Waals surface area contributed by atoms with Crippen molar-refractivity contribution in [2.24, 2.45) is 0 Å². The van der Waals surface area contributed by atoms with Gasteiger partial charge in [-0.05, 0) is 41.6 Å². The number of halogens is 2. The first-order chi connectivity index (χ1) is 14.6. The van der Waals surface area contributed by atoms with Crippen LogP contribution in [-0.2, 0) is 6.42 Å². The summed E-state index contributed by atoms with van der Waals surface area (Å²) in [5, 5.41) is 4.57. The normalized spacial score (nSPS) is 16.4. The number of urea groups is 1. The molecule has 1 atom stereocenters. The number of hydrogen-bond acceptors (Lipinski definition) is 3. The summed E-state index contributed by atoms with van der Waals surface area (Å²) in [6, 6.07) is 9.35. The number of aromatic amines is 1. The zero-order valence-electron chi connectivity index (χ0n) is 16.1. The number of carbonyl (C=O) groups is 1. The summed E-state index contributed by atoms with van der Waals surface area (Å²) in [7, 11) is 0. The minimum absolute atomic E-state index is 0.144. The molecule has 2 aromatic carbocycles. The summed E-state index contributed by atoms with van der Waals surface area (Å²) in [6.07, 6.45) is 2.41. The molecule has 1 saturated heterocycles. The fourth-order valence-corrected chi connectivity index (χ4v) is 4.71. The largest absolute Gasteiger partial charge is 0.345 e. The van der Waals surface area contributed by atoms with Gasteiger partial charge in [-0.1, -0.05) is 19.1 Å². The first-order valence-corrected chi connectivity index (χ1v) is 10.5. The lowest BCUT2D eigenvalue weighted by Crippen LogP contribution is -2.30. The Morgan fingerprint density at radius 3 is 2.87 bits per heavy atom. The molecule has 0 bridgehead atoms. The second kappa shape index (κ2) is 7.21. The minimum atomic E-state index is -0.925. The maximum absolute atomic E-state index is 15.2. The van der Waals surface area contributed by atoms with Crippen LogP contribution in [0.3, 0.4) is 0 Å². The van der Waals surface area contributed by atoms with E-state index in [-0.39, 0.29) is 23.7 Å². The molecule has 0 aliphatic carbocycles. The molecule has 3 heterocycles. The maximum Gasteiger partial charge on any atom is 0.322 e. The van der Waals surface area contributed by atoms with Gasteiger partial charge in [-0.15, -0.1) is 11.3 Å². The van der Waals surface area contributed by atoms with Crippen molar-refractivity contribution in [1.82, 2.24) is 15.3 Å². The van der Waals surface area contributed by atoms with E-state index in [1.807, 2.05) is 18.4 Å². The van der Waals surface area contributed by atoms with Crippen LogP contribution < -0.4 is 10.2 Å². The molecule has 4 aromatic rings. The number of benzene rings is 2. The molecule has 30 heavy (non-hydrogen) atoms. The van der Waals surface area contributed by atoms with Gasteiger partial charge in [0.05, 0.1) is 23.4 Å². The Hall–Kier alpha value is -3.26. The Morgan fingerprint density at radius 1 is 1.20 bits per heavy atom. The summed E-state index contributed by atoms with van der Waals surface area (Å²) in [6.45, 7) is 2.21. The molecule has 2 aromatic heterocycles. The number of nitrogens with zero attached hydrogens (tertiary/aromatic N) is 2. The van der Waals surface area contributed by atoms with Crippen LogP contribution in [0.25, 0.3) is 22.2 Å². The van der Waals surface area contributed by atoms with Crippen LogP contribution in [0.4, 0.5) is 19.3 Å². The van der Waals surface area contributed by atoms with Gasteiger partial charge in [0.2, 0.25) is 0 Å². The number of aromatic nitrogens is 2. The predicted molar refractivity (Wildman–Crippen MR) is 114 cm³/mol. The highest BCUT2D eigenvalue weighted by atomic mass is 32.1. The van der Waals surface area contributed by atoms with Crippen LogP contribution in [0.2, 0.25) is 0 Å². The van der Waals surface area contributed by atoms with E-state index in [1.54, 1.807) is 36.7 Å². The average Bonchev–Trinajstić information content (AvgIpc) is 3.48. The molecule has 1 aliphatic rings. The SMILES string of the molecule is CCc1cc(-c2ccc(C3CNC(=O)N3c3ccc4nc[nH]c4c3)c(F)c2F)cs1. The Bertz CT molecular complexity index is 1270. The highest BCUT2D eigenvalue weighted by Gasteiger charge is 2.36. The van der Waals surface area contributed by atoms with Gasteiger partial charge in [0.15, 0.2) is 11.6 Å². The summed E-state index contributed by atoms with van der Waals surface area (Å²) in [5.74, 6) is -1.82. The summed E-state index contributed by atoms with van der Waals surface area (Å²) in [5.41, 5.74) is 3.15. The highest BCUT2D eigenvalue weighted by molar-refractivity contribution is 7.10. The van der Waals surface area contributed by atoms with Crippen molar-refractivity contribution in [3.63, 3.8) is 0 Å². The number of anilines is 1. The Balaban J connectivity index is 1.55. The van der Waals surface area contributed by atoms with E-state index in [4.69, 9.17) is 0 Å². The number of hydrogen-bond donors (Lipinski definition) is 2. The van der Waals surface area contributed by atoms with Crippen LogP contribution >= 0.6 is 11.3 Å². The average molecular weight is 424 g/mol. The lowest BCUT2D eigenvalue weighted by Gasteiger charge is -2.24. The zero-order valence-corrected chi connectivity index (χ0v) is 16.9. The first-order valence-electron chi connectivity index (χ1n) is 9.62.